The van der Waals surface area contributed by atoms with Crippen LogP contribution in [0.5, 0.6) is 0 Å². The summed E-state index contributed by atoms with van der Waals surface area (Å²) in [6.07, 6.45) is 0. The average Bonchev–Trinajstić information content (AvgIpc) is 3.18. The summed E-state index contributed by atoms with van der Waals surface area (Å²) < 4.78 is 5.10. The van der Waals surface area contributed by atoms with Gasteiger partial charge < -0.3 is 26.0 Å². The number of para-hydroxylation sites is 2. The van der Waals surface area contributed by atoms with E-state index in [0.29, 0.717) is 27.4 Å². The lowest BCUT2D eigenvalue weighted by molar-refractivity contribution is -0.114. The number of rotatable bonds is 9. The summed E-state index contributed by atoms with van der Waals surface area (Å²) in [7, 11) is 1.49. The minimum absolute atomic E-state index is 0.145. The van der Waals surface area contributed by atoms with Crippen LogP contribution in [0.3, 0.4) is 0 Å². The first-order valence-corrected chi connectivity index (χ1v) is 11.7. The molecule has 0 saturated carbocycles. The highest BCUT2D eigenvalue weighted by Crippen LogP contribution is 2.33. The fourth-order valence-electron chi connectivity index (χ4n) is 3.28. The highest BCUT2D eigenvalue weighted by molar-refractivity contribution is 7.18. The zero-order valence-corrected chi connectivity index (χ0v) is 20.4. The molecule has 0 aliphatic rings. The van der Waals surface area contributed by atoms with Crippen molar-refractivity contribution in [1.29, 1.82) is 0 Å². The van der Waals surface area contributed by atoms with Gasteiger partial charge in [-0.05, 0) is 43.7 Å². The average molecular weight is 495 g/mol. The van der Waals surface area contributed by atoms with Crippen molar-refractivity contribution in [3.05, 3.63) is 76.2 Å². The number of nitrogens with one attached hydrogen (secondary N) is 4. The highest BCUT2D eigenvalue weighted by Gasteiger charge is 2.26. The number of esters is 1. The third-order valence-corrected chi connectivity index (χ3v) is 6.16. The predicted molar refractivity (Wildman–Crippen MR) is 136 cm³/mol. The molecule has 182 valence electrons. The van der Waals surface area contributed by atoms with Crippen molar-refractivity contribution in [3.8, 4) is 0 Å². The second-order valence-electron chi connectivity index (χ2n) is 7.33. The molecule has 0 unspecified atom stereocenters. The zero-order chi connectivity index (χ0) is 25.4. The maximum Gasteiger partial charge on any atom is 0.341 e. The first-order chi connectivity index (χ1) is 16.8. The molecule has 4 N–H and O–H groups in total. The standard InChI is InChI=1S/C25H26N4O5S/c1-4-34-25(33)20-15(2)21(23(32)26-3)35-24(20)29-19(30)14-27-18-13-9-8-12-17(18)22(31)28-16-10-6-5-7-11-16/h5-13,27H,4,14H2,1-3H3,(H,26,32)(H,28,31)(H,29,30). The van der Waals surface area contributed by atoms with E-state index in [1.165, 1.54) is 7.05 Å². The van der Waals surface area contributed by atoms with Crippen LogP contribution < -0.4 is 21.3 Å². The Balaban J connectivity index is 1.74. The molecule has 1 heterocycles. The lowest BCUT2D eigenvalue weighted by Crippen LogP contribution is -2.24. The van der Waals surface area contributed by atoms with Gasteiger partial charge in [-0.3, -0.25) is 14.4 Å². The summed E-state index contributed by atoms with van der Waals surface area (Å²) >= 11 is 0.996. The van der Waals surface area contributed by atoms with E-state index in [9.17, 15) is 19.2 Å². The molecular weight excluding hydrogens is 468 g/mol. The first kappa shape index (κ1) is 25.4. The van der Waals surface area contributed by atoms with Crippen LogP contribution in [0.2, 0.25) is 0 Å². The lowest BCUT2D eigenvalue weighted by atomic mass is 10.1. The normalized spacial score (nSPS) is 10.3. The van der Waals surface area contributed by atoms with E-state index in [-0.39, 0.29) is 35.5 Å². The molecule has 0 fully saturated rings. The minimum atomic E-state index is -0.623. The van der Waals surface area contributed by atoms with Gasteiger partial charge >= 0.3 is 5.97 Å². The maximum absolute atomic E-state index is 12.7. The Kier molecular flexibility index (Phi) is 8.58. The van der Waals surface area contributed by atoms with Gasteiger partial charge in [0.15, 0.2) is 0 Å². The number of hydrogen-bond donors (Lipinski definition) is 4. The monoisotopic (exact) mass is 494 g/mol. The Bertz CT molecular complexity index is 1240. The SMILES string of the molecule is CCOC(=O)c1c(NC(=O)CNc2ccccc2C(=O)Nc2ccccc2)sc(C(=O)NC)c1C. The summed E-state index contributed by atoms with van der Waals surface area (Å²) in [4.78, 5) is 50.5. The van der Waals surface area contributed by atoms with E-state index in [1.54, 1.807) is 50.2 Å². The van der Waals surface area contributed by atoms with E-state index in [2.05, 4.69) is 21.3 Å². The van der Waals surface area contributed by atoms with E-state index in [1.807, 2.05) is 18.2 Å². The van der Waals surface area contributed by atoms with Crippen LogP contribution in [0.25, 0.3) is 0 Å². The molecule has 1 aromatic heterocycles. The lowest BCUT2D eigenvalue weighted by Gasteiger charge is -2.12. The number of ether oxygens (including phenoxy) is 1. The second-order valence-corrected chi connectivity index (χ2v) is 8.35. The van der Waals surface area contributed by atoms with Crippen molar-refractivity contribution in [1.82, 2.24) is 5.32 Å². The van der Waals surface area contributed by atoms with E-state index < -0.39 is 11.9 Å². The van der Waals surface area contributed by atoms with E-state index >= 15 is 0 Å². The van der Waals surface area contributed by atoms with Gasteiger partial charge in [-0.1, -0.05) is 30.3 Å². The van der Waals surface area contributed by atoms with Gasteiger partial charge in [0, 0.05) is 18.4 Å². The summed E-state index contributed by atoms with van der Waals surface area (Å²) in [5.74, 6) is -1.77. The third-order valence-electron chi connectivity index (χ3n) is 4.96. The Morgan fingerprint density at radius 1 is 0.914 bits per heavy atom. The molecule has 0 spiro atoms. The van der Waals surface area contributed by atoms with Gasteiger partial charge in [0.25, 0.3) is 11.8 Å². The van der Waals surface area contributed by atoms with Gasteiger partial charge in [-0.2, -0.15) is 0 Å². The number of hydrogen-bond acceptors (Lipinski definition) is 7. The van der Waals surface area contributed by atoms with Crippen molar-refractivity contribution in [2.45, 2.75) is 13.8 Å². The number of carbonyl (C=O) groups excluding carboxylic acids is 4. The van der Waals surface area contributed by atoms with Crippen molar-refractivity contribution >= 4 is 51.4 Å². The van der Waals surface area contributed by atoms with E-state index in [4.69, 9.17) is 4.74 Å². The number of amides is 3. The minimum Gasteiger partial charge on any atom is -0.462 e. The van der Waals surface area contributed by atoms with Crippen LogP contribution >= 0.6 is 11.3 Å². The van der Waals surface area contributed by atoms with Crippen LogP contribution in [0, 0.1) is 6.92 Å². The van der Waals surface area contributed by atoms with Crippen molar-refractivity contribution in [2.75, 3.05) is 36.1 Å². The molecule has 3 amide bonds. The number of carbonyl (C=O) groups is 4. The molecule has 2 aromatic carbocycles. The summed E-state index contributed by atoms with van der Waals surface area (Å²) in [5.41, 5.74) is 2.06. The van der Waals surface area contributed by atoms with Crippen LogP contribution in [-0.4, -0.2) is 43.9 Å². The van der Waals surface area contributed by atoms with Crippen molar-refractivity contribution in [3.63, 3.8) is 0 Å². The van der Waals surface area contributed by atoms with Crippen LogP contribution in [0.15, 0.2) is 54.6 Å². The molecule has 9 nitrogen and oxygen atoms in total. The summed E-state index contributed by atoms with van der Waals surface area (Å²) in [6, 6.07) is 15.8. The van der Waals surface area contributed by atoms with E-state index in [0.717, 1.165) is 11.3 Å². The summed E-state index contributed by atoms with van der Waals surface area (Å²) in [5, 5.41) is 11.2. The largest absolute Gasteiger partial charge is 0.462 e. The number of benzene rings is 2. The molecular formula is C25H26N4O5S. The summed E-state index contributed by atoms with van der Waals surface area (Å²) in [6.45, 7) is 3.28. The highest BCUT2D eigenvalue weighted by atomic mass is 32.1. The Morgan fingerprint density at radius 3 is 2.29 bits per heavy atom. The fraction of sp³-hybridized carbons (Fsp3) is 0.200. The molecule has 0 saturated heterocycles. The Labute approximate surface area is 206 Å². The van der Waals surface area contributed by atoms with Crippen molar-refractivity contribution < 1.29 is 23.9 Å². The topological polar surface area (TPSA) is 126 Å². The molecule has 0 aliphatic carbocycles. The molecule has 3 rings (SSSR count). The van der Waals surface area contributed by atoms with Gasteiger partial charge in [0.2, 0.25) is 5.91 Å². The van der Waals surface area contributed by atoms with Gasteiger partial charge in [0.1, 0.15) is 5.00 Å². The quantitative estimate of drug-likeness (QED) is 0.334. The smallest absolute Gasteiger partial charge is 0.341 e. The first-order valence-electron chi connectivity index (χ1n) is 10.9. The van der Waals surface area contributed by atoms with Crippen LogP contribution in [-0.2, 0) is 9.53 Å². The maximum atomic E-state index is 12.7. The molecule has 0 radical (unpaired) electrons. The van der Waals surface area contributed by atoms with Crippen molar-refractivity contribution in [2.24, 2.45) is 0 Å². The zero-order valence-electron chi connectivity index (χ0n) is 19.6. The van der Waals surface area contributed by atoms with Gasteiger partial charge in [-0.25, -0.2) is 4.79 Å². The van der Waals surface area contributed by atoms with Crippen LogP contribution in [0.1, 0.15) is 42.9 Å². The molecule has 0 atom stereocenters. The molecule has 10 heteroatoms. The second kappa shape index (κ2) is 11.8. The van der Waals surface area contributed by atoms with Crippen LogP contribution in [0.4, 0.5) is 16.4 Å². The number of thiophene rings is 1. The molecule has 0 bridgehead atoms. The number of anilines is 3. The molecule has 35 heavy (non-hydrogen) atoms. The Morgan fingerprint density at radius 2 is 1.60 bits per heavy atom. The van der Waals surface area contributed by atoms with Gasteiger partial charge in [-0.15, -0.1) is 11.3 Å². The fourth-order valence-corrected chi connectivity index (χ4v) is 4.44. The van der Waals surface area contributed by atoms with Gasteiger partial charge in [0.05, 0.1) is 29.2 Å². The molecule has 0 aliphatic heterocycles. The predicted octanol–water partition coefficient (Wildman–Crippen LogP) is 3.90. The third kappa shape index (κ3) is 6.24. The Hall–Kier alpha value is -4.18. The molecule has 3 aromatic rings.